The number of nitro benzene ring substituents is 1. The molecule has 7 nitrogen and oxygen atoms in total. The number of H-pyrrole nitrogens is 1. The number of aromatic nitrogens is 2. The Kier molecular flexibility index (Phi) is 5.64. The van der Waals surface area contributed by atoms with Crippen LogP contribution in [0.1, 0.15) is 28.7 Å². The first kappa shape index (κ1) is 21.1. The van der Waals surface area contributed by atoms with Crippen LogP contribution in [0.2, 0.25) is 0 Å². The maximum absolute atomic E-state index is 12.7. The highest BCUT2D eigenvalue weighted by Gasteiger charge is 2.24. The molecule has 2 heterocycles. The summed E-state index contributed by atoms with van der Waals surface area (Å²) in [5, 5.41) is 11.4. The van der Waals surface area contributed by atoms with Crippen molar-refractivity contribution in [3.63, 3.8) is 0 Å². The van der Waals surface area contributed by atoms with Gasteiger partial charge in [-0.3, -0.25) is 10.1 Å². The highest BCUT2D eigenvalue weighted by molar-refractivity contribution is 5.93. The zero-order chi connectivity index (χ0) is 22.8. The van der Waals surface area contributed by atoms with Crippen LogP contribution in [0.25, 0.3) is 28.2 Å². The lowest BCUT2D eigenvalue weighted by atomic mass is 10.1. The normalized spacial score (nSPS) is 10.8. The van der Waals surface area contributed by atoms with Gasteiger partial charge >= 0.3 is 5.97 Å². The van der Waals surface area contributed by atoms with Crippen molar-refractivity contribution in [3.8, 4) is 28.2 Å². The summed E-state index contributed by atoms with van der Waals surface area (Å²) in [5.41, 5.74) is 6.10. The molecule has 162 valence electrons. The van der Waals surface area contributed by atoms with Crippen molar-refractivity contribution in [2.75, 3.05) is 6.61 Å². The number of carbonyl (C=O) groups excluding carboxylic acids is 1. The van der Waals surface area contributed by atoms with E-state index in [2.05, 4.69) is 4.98 Å². The van der Waals surface area contributed by atoms with Crippen LogP contribution in [0.15, 0.2) is 66.7 Å². The Morgan fingerprint density at radius 3 is 2.44 bits per heavy atom. The molecule has 0 radical (unpaired) electrons. The minimum absolute atomic E-state index is 0.0147. The summed E-state index contributed by atoms with van der Waals surface area (Å²) < 4.78 is 7.22. The first-order chi connectivity index (χ1) is 15.4. The van der Waals surface area contributed by atoms with E-state index in [-0.39, 0.29) is 12.3 Å². The summed E-state index contributed by atoms with van der Waals surface area (Å²) in [6.07, 6.45) is 0. The van der Waals surface area contributed by atoms with Gasteiger partial charge < -0.3 is 14.3 Å². The predicted molar refractivity (Wildman–Crippen MR) is 123 cm³/mol. The van der Waals surface area contributed by atoms with Crippen LogP contribution >= 0.6 is 0 Å². The molecule has 0 atom stereocenters. The molecule has 4 aromatic rings. The molecule has 0 aliphatic rings. The maximum atomic E-state index is 12.7. The number of rotatable bonds is 6. The molecule has 0 unspecified atom stereocenters. The fourth-order valence-electron chi connectivity index (χ4n) is 3.90. The SMILES string of the molecule is CCOC(=O)c1cc(-c2cccc([N+](=O)[O-])c2)n(-c2cc(C)[nH]c2-c2ccccc2)c1C. The highest BCUT2D eigenvalue weighted by atomic mass is 16.6. The molecule has 2 aromatic carbocycles. The molecule has 32 heavy (non-hydrogen) atoms. The zero-order valence-corrected chi connectivity index (χ0v) is 18.1. The van der Waals surface area contributed by atoms with Gasteiger partial charge in [-0.1, -0.05) is 42.5 Å². The largest absolute Gasteiger partial charge is 0.462 e. The summed E-state index contributed by atoms with van der Waals surface area (Å²) in [4.78, 5) is 27.0. The summed E-state index contributed by atoms with van der Waals surface area (Å²) in [7, 11) is 0. The second-order valence-corrected chi connectivity index (χ2v) is 7.47. The lowest BCUT2D eigenvalue weighted by Crippen LogP contribution is -2.07. The summed E-state index contributed by atoms with van der Waals surface area (Å²) >= 11 is 0. The van der Waals surface area contributed by atoms with Crippen molar-refractivity contribution < 1.29 is 14.5 Å². The number of carbonyl (C=O) groups is 1. The fraction of sp³-hybridized carbons (Fsp3) is 0.160. The summed E-state index contributed by atoms with van der Waals surface area (Å²) in [6.45, 7) is 5.83. The van der Waals surface area contributed by atoms with E-state index in [0.717, 1.165) is 22.6 Å². The standard InChI is InChI=1S/C25H23N3O4/c1-4-32-25(29)21-15-22(19-11-8-12-20(14-19)28(30)31)27(17(21)3)23-13-16(2)26-24(23)18-9-6-5-7-10-18/h5-15,26H,4H2,1-3H3. The quantitative estimate of drug-likeness (QED) is 0.237. The molecule has 7 heteroatoms. The lowest BCUT2D eigenvalue weighted by Gasteiger charge is -2.13. The van der Waals surface area contributed by atoms with Gasteiger partial charge in [0.2, 0.25) is 0 Å². The van der Waals surface area contributed by atoms with Crippen molar-refractivity contribution in [2.45, 2.75) is 20.8 Å². The van der Waals surface area contributed by atoms with Crippen molar-refractivity contribution in [2.24, 2.45) is 0 Å². The topological polar surface area (TPSA) is 90.2 Å². The van der Waals surface area contributed by atoms with Gasteiger partial charge in [0.1, 0.15) is 0 Å². The van der Waals surface area contributed by atoms with Gasteiger partial charge in [0.25, 0.3) is 5.69 Å². The average molecular weight is 429 g/mol. The summed E-state index contributed by atoms with van der Waals surface area (Å²) in [6, 6.07) is 20.0. The Balaban J connectivity index is 2.00. The summed E-state index contributed by atoms with van der Waals surface area (Å²) in [5.74, 6) is -0.427. The van der Waals surface area contributed by atoms with E-state index in [1.54, 1.807) is 25.1 Å². The van der Waals surface area contributed by atoms with Gasteiger partial charge in [-0.25, -0.2) is 4.79 Å². The van der Waals surface area contributed by atoms with E-state index >= 15 is 0 Å². The second kappa shape index (κ2) is 8.55. The van der Waals surface area contributed by atoms with Gasteiger partial charge in [-0.2, -0.15) is 0 Å². The monoisotopic (exact) mass is 429 g/mol. The average Bonchev–Trinajstić information content (AvgIpc) is 3.34. The van der Waals surface area contributed by atoms with Crippen molar-refractivity contribution in [3.05, 3.63) is 93.8 Å². The number of nitrogens with zero attached hydrogens (tertiary/aromatic N) is 2. The third-order valence-corrected chi connectivity index (χ3v) is 5.33. The second-order valence-electron chi connectivity index (χ2n) is 7.47. The minimum Gasteiger partial charge on any atom is -0.462 e. The molecule has 0 bridgehead atoms. The molecule has 0 fully saturated rings. The lowest BCUT2D eigenvalue weighted by molar-refractivity contribution is -0.384. The van der Waals surface area contributed by atoms with E-state index in [9.17, 15) is 14.9 Å². The Morgan fingerprint density at radius 2 is 1.75 bits per heavy atom. The van der Waals surface area contributed by atoms with Crippen LogP contribution in [0, 0.1) is 24.0 Å². The van der Waals surface area contributed by atoms with Gasteiger partial charge in [0.05, 0.1) is 34.2 Å². The Bertz CT molecular complexity index is 1300. The van der Waals surface area contributed by atoms with Crippen LogP contribution in [-0.2, 0) is 4.74 Å². The number of ether oxygens (including phenoxy) is 1. The molecule has 0 aliphatic heterocycles. The number of nitro groups is 1. The Labute approximate surface area is 185 Å². The number of non-ortho nitro benzene ring substituents is 1. The number of nitrogens with one attached hydrogen (secondary N) is 1. The number of aromatic amines is 1. The molecule has 4 rings (SSSR count). The minimum atomic E-state index is -0.427. The first-order valence-electron chi connectivity index (χ1n) is 10.3. The van der Waals surface area contributed by atoms with Crippen LogP contribution < -0.4 is 0 Å². The molecule has 2 aromatic heterocycles. The Hall–Kier alpha value is -4.13. The fourth-order valence-corrected chi connectivity index (χ4v) is 3.90. The van der Waals surface area contributed by atoms with E-state index < -0.39 is 10.9 Å². The molecule has 0 saturated heterocycles. The number of aryl methyl sites for hydroxylation is 1. The van der Waals surface area contributed by atoms with Crippen LogP contribution in [0.4, 0.5) is 5.69 Å². The van der Waals surface area contributed by atoms with Crippen molar-refractivity contribution in [1.29, 1.82) is 0 Å². The smallest absolute Gasteiger partial charge is 0.339 e. The van der Waals surface area contributed by atoms with Crippen LogP contribution in [0.3, 0.4) is 0 Å². The van der Waals surface area contributed by atoms with Crippen LogP contribution in [-0.4, -0.2) is 27.1 Å². The van der Waals surface area contributed by atoms with Crippen molar-refractivity contribution in [1.82, 2.24) is 9.55 Å². The maximum Gasteiger partial charge on any atom is 0.339 e. The van der Waals surface area contributed by atoms with Gasteiger partial charge in [0, 0.05) is 34.6 Å². The molecular formula is C25H23N3O4. The van der Waals surface area contributed by atoms with E-state index in [0.29, 0.717) is 22.5 Å². The molecule has 0 spiro atoms. The van der Waals surface area contributed by atoms with Crippen LogP contribution in [0.5, 0.6) is 0 Å². The molecular weight excluding hydrogens is 406 g/mol. The third kappa shape index (κ3) is 3.80. The molecule has 1 N–H and O–H groups in total. The highest BCUT2D eigenvalue weighted by Crippen LogP contribution is 2.36. The molecule has 0 amide bonds. The molecule has 0 saturated carbocycles. The van der Waals surface area contributed by atoms with E-state index in [4.69, 9.17) is 4.74 Å². The number of hydrogen-bond donors (Lipinski definition) is 1. The third-order valence-electron chi connectivity index (χ3n) is 5.33. The number of esters is 1. The van der Waals surface area contributed by atoms with E-state index in [1.807, 2.05) is 54.8 Å². The Morgan fingerprint density at radius 1 is 1.03 bits per heavy atom. The van der Waals surface area contributed by atoms with Gasteiger partial charge in [-0.15, -0.1) is 0 Å². The van der Waals surface area contributed by atoms with E-state index in [1.165, 1.54) is 12.1 Å². The predicted octanol–water partition coefficient (Wildman–Crippen LogP) is 5.84. The zero-order valence-electron chi connectivity index (χ0n) is 18.1. The number of hydrogen-bond acceptors (Lipinski definition) is 4. The number of benzene rings is 2. The van der Waals surface area contributed by atoms with Crippen molar-refractivity contribution >= 4 is 11.7 Å². The first-order valence-corrected chi connectivity index (χ1v) is 10.3. The molecule has 0 aliphatic carbocycles. The van der Waals surface area contributed by atoms with Gasteiger partial charge in [-0.05, 0) is 32.9 Å². The van der Waals surface area contributed by atoms with Gasteiger partial charge in [0.15, 0.2) is 0 Å².